The lowest BCUT2D eigenvalue weighted by molar-refractivity contribution is 0.274. The third-order valence-corrected chi connectivity index (χ3v) is 3.60. The lowest BCUT2D eigenvalue weighted by Gasteiger charge is -2.24. The monoisotopic (exact) mass is 285 g/mol. The molecule has 0 saturated heterocycles. The van der Waals surface area contributed by atoms with Gasteiger partial charge in [0.25, 0.3) is 0 Å². The zero-order valence-electron chi connectivity index (χ0n) is 12.8. The van der Waals surface area contributed by atoms with Crippen molar-refractivity contribution in [2.75, 3.05) is 12.4 Å². The van der Waals surface area contributed by atoms with Gasteiger partial charge >= 0.3 is 0 Å². The van der Waals surface area contributed by atoms with Crippen molar-refractivity contribution in [1.82, 2.24) is 0 Å². The van der Waals surface area contributed by atoms with E-state index in [4.69, 9.17) is 4.74 Å². The van der Waals surface area contributed by atoms with Crippen molar-refractivity contribution in [3.8, 4) is 5.75 Å². The van der Waals surface area contributed by atoms with E-state index in [1.165, 1.54) is 5.56 Å². The maximum absolute atomic E-state index is 9.43. The molecule has 0 amide bonds. The van der Waals surface area contributed by atoms with Gasteiger partial charge in [-0.2, -0.15) is 0 Å². The van der Waals surface area contributed by atoms with Crippen LogP contribution in [-0.4, -0.2) is 12.2 Å². The summed E-state index contributed by atoms with van der Waals surface area (Å²) in [6.45, 7) is 4.36. The number of benzene rings is 2. The van der Waals surface area contributed by atoms with Crippen molar-refractivity contribution in [1.29, 1.82) is 0 Å². The molecular formula is C18H23NO2. The highest BCUT2D eigenvalue weighted by Gasteiger charge is 2.16. The third kappa shape index (κ3) is 3.76. The van der Waals surface area contributed by atoms with Gasteiger partial charge in [-0.25, -0.2) is 0 Å². The van der Waals surface area contributed by atoms with E-state index in [1.54, 1.807) is 7.11 Å². The normalized spacial score (nSPS) is 12.2. The van der Waals surface area contributed by atoms with Crippen molar-refractivity contribution < 1.29 is 9.84 Å². The Morgan fingerprint density at radius 2 is 1.81 bits per heavy atom. The van der Waals surface area contributed by atoms with Crippen molar-refractivity contribution in [3.63, 3.8) is 0 Å². The van der Waals surface area contributed by atoms with Gasteiger partial charge in [-0.15, -0.1) is 0 Å². The number of hydrogen-bond donors (Lipinski definition) is 2. The molecule has 2 aromatic rings. The van der Waals surface area contributed by atoms with E-state index in [9.17, 15) is 5.11 Å². The molecule has 2 rings (SSSR count). The highest BCUT2D eigenvalue weighted by Crippen LogP contribution is 2.29. The number of nitrogens with one attached hydrogen (secondary N) is 1. The number of methoxy groups -OCH3 is 1. The van der Waals surface area contributed by atoms with Gasteiger partial charge in [0.15, 0.2) is 0 Å². The maximum Gasteiger partial charge on any atom is 0.124 e. The fourth-order valence-electron chi connectivity index (χ4n) is 2.47. The molecule has 2 aromatic carbocycles. The standard InChI is InChI=1S/C18H23NO2/c1-13(2)18(14-7-5-4-6-8-14)19-16-9-10-17(21-3)15(11-16)12-20/h4-11,13,18-20H,12H2,1-3H3. The second-order valence-electron chi connectivity index (χ2n) is 5.46. The van der Waals surface area contributed by atoms with Crippen molar-refractivity contribution in [2.24, 2.45) is 5.92 Å². The minimum atomic E-state index is -0.0314. The first-order valence-corrected chi connectivity index (χ1v) is 7.25. The van der Waals surface area contributed by atoms with Crippen LogP contribution in [0.3, 0.4) is 0 Å². The molecule has 21 heavy (non-hydrogen) atoms. The van der Waals surface area contributed by atoms with Crippen LogP contribution in [0.2, 0.25) is 0 Å². The van der Waals surface area contributed by atoms with Gasteiger partial charge < -0.3 is 15.2 Å². The molecule has 112 valence electrons. The summed E-state index contributed by atoms with van der Waals surface area (Å²) in [4.78, 5) is 0. The predicted molar refractivity (Wildman–Crippen MR) is 86.6 cm³/mol. The number of hydrogen-bond acceptors (Lipinski definition) is 3. The van der Waals surface area contributed by atoms with E-state index in [-0.39, 0.29) is 12.6 Å². The Morgan fingerprint density at radius 1 is 1.10 bits per heavy atom. The van der Waals surface area contributed by atoms with Gasteiger partial charge in [0.05, 0.1) is 19.8 Å². The third-order valence-electron chi connectivity index (χ3n) is 3.60. The van der Waals surface area contributed by atoms with E-state index >= 15 is 0 Å². The molecule has 0 heterocycles. The Kier molecular flexibility index (Phi) is 5.23. The molecule has 0 aliphatic heterocycles. The molecule has 2 N–H and O–H groups in total. The molecule has 0 aliphatic rings. The molecule has 0 saturated carbocycles. The van der Waals surface area contributed by atoms with Crippen LogP contribution in [0, 0.1) is 5.92 Å². The Morgan fingerprint density at radius 3 is 2.38 bits per heavy atom. The molecule has 0 aliphatic carbocycles. The van der Waals surface area contributed by atoms with Crippen LogP contribution in [0.1, 0.15) is 31.0 Å². The number of rotatable bonds is 6. The van der Waals surface area contributed by atoms with Crippen LogP contribution in [0.15, 0.2) is 48.5 Å². The van der Waals surface area contributed by atoms with Crippen molar-refractivity contribution in [3.05, 3.63) is 59.7 Å². The van der Waals surface area contributed by atoms with Crippen LogP contribution in [-0.2, 0) is 6.61 Å². The average Bonchev–Trinajstić information content (AvgIpc) is 2.52. The summed E-state index contributed by atoms with van der Waals surface area (Å²) >= 11 is 0. The highest BCUT2D eigenvalue weighted by atomic mass is 16.5. The van der Waals surface area contributed by atoms with E-state index < -0.39 is 0 Å². The molecule has 0 radical (unpaired) electrons. The molecule has 3 nitrogen and oxygen atoms in total. The molecule has 0 fully saturated rings. The second kappa shape index (κ2) is 7.14. The van der Waals surface area contributed by atoms with Crippen LogP contribution >= 0.6 is 0 Å². The zero-order chi connectivity index (χ0) is 15.2. The van der Waals surface area contributed by atoms with Gasteiger partial charge in [-0.3, -0.25) is 0 Å². The summed E-state index contributed by atoms with van der Waals surface area (Å²) in [5.41, 5.74) is 3.04. The van der Waals surface area contributed by atoms with Gasteiger partial charge in [0.1, 0.15) is 5.75 Å². The summed E-state index contributed by atoms with van der Waals surface area (Å²) in [5, 5.41) is 13.0. The Hall–Kier alpha value is -2.00. The van der Waals surface area contributed by atoms with E-state index in [2.05, 4.69) is 43.4 Å². The molecule has 0 bridgehead atoms. The summed E-state index contributed by atoms with van der Waals surface area (Å²) in [7, 11) is 1.61. The topological polar surface area (TPSA) is 41.5 Å². The Labute approximate surface area is 126 Å². The minimum absolute atomic E-state index is 0.0314. The van der Waals surface area contributed by atoms with Gasteiger partial charge in [0.2, 0.25) is 0 Å². The number of ether oxygens (including phenoxy) is 1. The van der Waals surface area contributed by atoms with E-state index in [0.29, 0.717) is 11.7 Å². The molecular weight excluding hydrogens is 262 g/mol. The summed E-state index contributed by atoms with van der Waals surface area (Å²) in [6, 6.07) is 16.4. The maximum atomic E-state index is 9.43. The first-order valence-electron chi connectivity index (χ1n) is 7.25. The van der Waals surface area contributed by atoms with Gasteiger partial charge in [-0.05, 0) is 29.7 Å². The zero-order valence-corrected chi connectivity index (χ0v) is 12.8. The molecule has 0 aromatic heterocycles. The minimum Gasteiger partial charge on any atom is -0.496 e. The predicted octanol–water partition coefficient (Wildman–Crippen LogP) is 4.00. The smallest absolute Gasteiger partial charge is 0.124 e. The van der Waals surface area contributed by atoms with Crippen LogP contribution < -0.4 is 10.1 Å². The molecule has 1 atom stereocenters. The van der Waals surface area contributed by atoms with E-state index in [0.717, 1.165) is 11.3 Å². The SMILES string of the molecule is COc1ccc(NC(c2ccccc2)C(C)C)cc1CO. The molecule has 3 heteroatoms. The first-order chi connectivity index (χ1) is 10.2. The van der Waals surface area contributed by atoms with Gasteiger partial charge in [-0.1, -0.05) is 44.2 Å². The lowest BCUT2D eigenvalue weighted by Crippen LogP contribution is -2.16. The lowest BCUT2D eigenvalue weighted by atomic mass is 9.95. The fraction of sp³-hybridized carbons (Fsp3) is 0.333. The molecule has 0 spiro atoms. The number of aliphatic hydroxyl groups excluding tert-OH is 1. The Bertz CT molecular complexity index is 567. The quantitative estimate of drug-likeness (QED) is 0.843. The average molecular weight is 285 g/mol. The van der Waals surface area contributed by atoms with E-state index in [1.807, 2.05) is 24.3 Å². The van der Waals surface area contributed by atoms with Crippen LogP contribution in [0.25, 0.3) is 0 Å². The van der Waals surface area contributed by atoms with Crippen LogP contribution in [0.5, 0.6) is 5.75 Å². The Balaban J connectivity index is 2.25. The van der Waals surface area contributed by atoms with Crippen molar-refractivity contribution in [2.45, 2.75) is 26.5 Å². The van der Waals surface area contributed by atoms with Crippen molar-refractivity contribution >= 4 is 5.69 Å². The second-order valence-corrected chi connectivity index (χ2v) is 5.46. The summed E-state index contributed by atoms with van der Waals surface area (Å²) in [6.07, 6.45) is 0. The number of aliphatic hydroxyl groups is 1. The molecule has 1 unspecified atom stereocenters. The summed E-state index contributed by atoms with van der Waals surface area (Å²) < 4.78 is 5.24. The first kappa shape index (κ1) is 15.4. The highest BCUT2D eigenvalue weighted by molar-refractivity contribution is 5.52. The fourth-order valence-corrected chi connectivity index (χ4v) is 2.47. The van der Waals surface area contributed by atoms with Gasteiger partial charge in [0, 0.05) is 11.3 Å². The number of anilines is 1. The largest absolute Gasteiger partial charge is 0.496 e. The van der Waals surface area contributed by atoms with Crippen LogP contribution in [0.4, 0.5) is 5.69 Å². The summed E-state index contributed by atoms with van der Waals surface area (Å²) in [5.74, 6) is 1.16.